The highest BCUT2D eigenvalue weighted by atomic mass is 16.5. The summed E-state index contributed by atoms with van der Waals surface area (Å²) in [6.07, 6.45) is 5.97. The first kappa shape index (κ1) is 26.4. The number of hydrogen-bond donors (Lipinski definition) is 0. The maximum atomic E-state index is 6.40. The Morgan fingerprint density at radius 2 is 1.80 bits per heavy atom. The average Bonchev–Trinajstić information content (AvgIpc) is 2.97. The molecular weight excluding hydrogens is 494 g/mol. The van der Waals surface area contributed by atoms with Crippen molar-refractivity contribution in [2.45, 2.75) is 39.8 Å². The van der Waals surface area contributed by atoms with Crippen LogP contribution in [0.25, 0.3) is 22.0 Å². The molecule has 1 saturated heterocycles. The SMILES string of the molecule is C/C(=C\N=CC(C)C)C1(N2CCOCC2)c2ccc(C)c(c2)COc2cccc(c2)-c2nccc3ccc1cc23. The Labute approximate surface area is 237 Å². The lowest BCUT2D eigenvalue weighted by molar-refractivity contribution is 0.00106. The first-order chi connectivity index (χ1) is 19.5. The van der Waals surface area contributed by atoms with Crippen LogP contribution in [0, 0.1) is 12.8 Å². The highest BCUT2D eigenvalue weighted by Crippen LogP contribution is 2.45. The highest BCUT2D eigenvalue weighted by molar-refractivity contribution is 5.95. The van der Waals surface area contributed by atoms with Gasteiger partial charge in [0.15, 0.2) is 0 Å². The summed E-state index contributed by atoms with van der Waals surface area (Å²) in [5.74, 6) is 1.21. The summed E-state index contributed by atoms with van der Waals surface area (Å²) in [6.45, 7) is 12.2. The van der Waals surface area contributed by atoms with Gasteiger partial charge in [-0.2, -0.15) is 0 Å². The number of benzene rings is 3. The molecule has 0 radical (unpaired) electrons. The second-order valence-electron chi connectivity index (χ2n) is 11.2. The minimum Gasteiger partial charge on any atom is -0.489 e. The molecule has 6 rings (SSSR count). The molecule has 3 heterocycles. The zero-order valence-corrected chi connectivity index (χ0v) is 23.9. The van der Waals surface area contributed by atoms with Crippen LogP contribution in [-0.2, 0) is 16.9 Å². The van der Waals surface area contributed by atoms with Crippen LogP contribution < -0.4 is 4.74 Å². The number of fused-ring (bicyclic) bond motifs is 6. The normalized spacial score (nSPS) is 19.9. The van der Waals surface area contributed by atoms with Gasteiger partial charge in [-0.05, 0) is 83.3 Å². The van der Waals surface area contributed by atoms with Crippen molar-refractivity contribution >= 4 is 17.0 Å². The van der Waals surface area contributed by atoms with E-state index in [0.717, 1.165) is 40.9 Å². The molecule has 5 heteroatoms. The number of pyridine rings is 1. The summed E-state index contributed by atoms with van der Waals surface area (Å²) in [5, 5.41) is 2.29. The fourth-order valence-electron chi connectivity index (χ4n) is 6.13. The topological polar surface area (TPSA) is 47.0 Å². The Morgan fingerprint density at radius 1 is 1.00 bits per heavy atom. The summed E-state index contributed by atoms with van der Waals surface area (Å²) in [7, 11) is 0. The van der Waals surface area contributed by atoms with Crippen molar-refractivity contribution < 1.29 is 9.47 Å². The Hall–Kier alpha value is -3.80. The molecule has 1 atom stereocenters. The third-order valence-electron chi connectivity index (χ3n) is 8.16. The number of aryl methyl sites for hydroxylation is 1. The van der Waals surface area contributed by atoms with Gasteiger partial charge in [0.1, 0.15) is 12.4 Å². The molecule has 0 saturated carbocycles. The zero-order chi connectivity index (χ0) is 27.7. The van der Waals surface area contributed by atoms with E-state index in [4.69, 9.17) is 19.5 Å². The monoisotopic (exact) mass is 531 g/mol. The standard InChI is InChI=1S/C35H37N3O2/c1-24(2)21-36-22-26(4)35(38-14-16-39-17-15-38)30-10-8-25(3)29(18-30)23-40-32-7-5-6-28(19-32)34-33-20-31(35)11-9-27(33)12-13-37-34/h5-13,18-22,24H,14-17,23H2,1-4H3/b26-22+,36-21?. The van der Waals surface area contributed by atoms with Crippen molar-refractivity contribution in [1.82, 2.24) is 9.88 Å². The second kappa shape index (κ2) is 11.0. The van der Waals surface area contributed by atoms with E-state index in [0.29, 0.717) is 25.7 Å². The fourth-order valence-corrected chi connectivity index (χ4v) is 6.13. The highest BCUT2D eigenvalue weighted by Gasteiger charge is 2.43. The van der Waals surface area contributed by atoms with Crippen molar-refractivity contribution in [2.75, 3.05) is 26.3 Å². The Kier molecular flexibility index (Phi) is 7.26. The quantitative estimate of drug-likeness (QED) is 0.259. The van der Waals surface area contributed by atoms with Gasteiger partial charge in [0.2, 0.25) is 0 Å². The van der Waals surface area contributed by atoms with Crippen molar-refractivity contribution in [1.29, 1.82) is 0 Å². The molecule has 40 heavy (non-hydrogen) atoms. The largest absolute Gasteiger partial charge is 0.489 e. The Balaban J connectivity index is 1.71. The number of aliphatic imine (C=N–C) groups is 1. The van der Waals surface area contributed by atoms with Crippen LogP contribution in [0.15, 0.2) is 89.7 Å². The minimum absolute atomic E-state index is 0.371. The second-order valence-corrected chi connectivity index (χ2v) is 11.2. The average molecular weight is 532 g/mol. The Morgan fingerprint density at radius 3 is 2.62 bits per heavy atom. The van der Waals surface area contributed by atoms with E-state index in [2.05, 4.69) is 99.5 Å². The van der Waals surface area contributed by atoms with Crippen LogP contribution in [0.2, 0.25) is 0 Å². The third kappa shape index (κ3) is 4.74. The molecule has 4 aromatic rings. The van der Waals surface area contributed by atoms with Crippen LogP contribution in [0.4, 0.5) is 0 Å². The van der Waals surface area contributed by atoms with Crippen LogP contribution >= 0.6 is 0 Å². The van der Waals surface area contributed by atoms with Gasteiger partial charge in [-0.25, -0.2) is 0 Å². The van der Waals surface area contributed by atoms with Crippen molar-refractivity contribution in [2.24, 2.45) is 10.9 Å². The summed E-state index contributed by atoms with van der Waals surface area (Å²) >= 11 is 0. The van der Waals surface area contributed by atoms with Crippen molar-refractivity contribution in [3.05, 3.63) is 107 Å². The van der Waals surface area contributed by atoms with E-state index < -0.39 is 5.54 Å². The molecule has 2 aliphatic rings. The maximum absolute atomic E-state index is 6.40. The van der Waals surface area contributed by atoms with Gasteiger partial charge < -0.3 is 9.47 Å². The number of nitrogens with zero attached hydrogens (tertiary/aromatic N) is 3. The molecule has 0 aliphatic carbocycles. The van der Waals surface area contributed by atoms with Crippen LogP contribution in [-0.4, -0.2) is 42.4 Å². The molecule has 5 nitrogen and oxygen atoms in total. The van der Waals surface area contributed by atoms with Crippen LogP contribution in [0.1, 0.15) is 43.0 Å². The number of rotatable bonds is 4. The fraction of sp³-hybridized carbons (Fsp3) is 0.314. The first-order valence-corrected chi connectivity index (χ1v) is 14.2. The van der Waals surface area contributed by atoms with E-state index in [9.17, 15) is 0 Å². The summed E-state index contributed by atoms with van der Waals surface area (Å²) in [4.78, 5) is 12.3. The summed E-state index contributed by atoms with van der Waals surface area (Å²) < 4.78 is 12.3. The van der Waals surface area contributed by atoms with Gasteiger partial charge in [-0.3, -0.25) is 14.9 Å². The summed E-state index contributed by atoms with van der Waals surface area (Å²) in [5.41, 5.74) is 7.44. The van der Waals surface area contributed by atoms with Crippen molar-refractivity contribution in [3.63, 3.8) is 0 Å². The van der Waals surface area contributed by atoms with Gasteiger partial charge in [0.05, 0.1) is 24.4 Å². The van der Waals surface area contributed by atoms with E-state index in [1.165, 1.54) is 27.8 Å². The van der Waals surface area contributed by atoms with Gasteiger partial charge in [-0.15, -0.1) is 0 Å². The van der Waals surface area contributed by atoms with Gasteiger partial charge in [0, 0.05) is 42.7 Å². The van der Waals surface area contributed by atoms with Crippen molar-refractivity contribution in [3.8, 4) is 17.0 Å². The molecular formula is C35H37N3O2. The molecule has 0 N–H and O–H groups in total. The molecule has 1 fully saturated rings. The van der Waals surface area contributed by atoms with Gasteiger partial charge >= 0.3 is 0 Å². The van der Waals surface area contributed by atoms with E-state index >= 15 is 0 Å². The molecule has 0 amide bonds. The van der Waals surface area contributed by atoms with E-state index in [-0.39, 0.29) is 0 Å². The molecule has 6 bridgehead atoms. The number of morpholine rings is 1. The smallest absolute Gasteiger partial charge is 0.120 e. The third-order valence-corrected chi connectivity index (χ3v) is 8.16. The number of hydrogen-bond acceptors (Lipinski definition) is 5. The minimum atomic E-state index is -0.547. The van der Waals surface area contributed by atoms with E-state index in [1.807, 2.05) is 18.5 Å². The van der Waals surface area contributed by atoms with E-state index in [1.54, 1.807) is 0 Å². The van der Waals surface area contributed by atoms with Gasteiger partial charge in [0.25, 0.3) is 0 Å². The Bertz CT molecular complexity index is 1600. The molecule has 2 aliphatic heterocycles. The molecule has 3 aromatic carbocycles. The van der Waals surface area contributed by atoms with Gasteiger partial charge in [-0.1, -0.05) is 50.2 Å². The lowest BCUT2D eigenvalue weighted by Gasteiger charge is -2.47. The molecule has 1 unspecified atom stereocenters. The predicted octanol–water partition coefficient (Wildman–Crippen LogP) is 7.31. The molecule has 204 valence electrons. The first-order valence-electron chi connectivity index (χ1n) is 14.2. The zero-order valence-electron chi connectivity index (χ0n) is 23.9. The predicted molar refractivity (Wildman–Crippen MR) is 163 cm³/mol. The molecule has 1 aromatic heterocycles. The molecule has 0 spiro atoms. The maximum Gasteiger partial charge on any atom is 0.120 e. The summed E-state index contributed by atoms with van der Waals surface area (Å²) in [6, 6.07) is 24.1. The lowest BCUT2D eigenvalue weighted by atomic mass is 9.74. The number of ether oxygens (including phenoxy) is 2. The van der Waals surface area contributed by atoms with Crippen LogP contribution in [0.3, 0.4) is 0 Å². The number of aromatic nitrogens is 1. The lowest BCUT2D eigenvalue weighted by Crippen LogP contribution is -2.53. The van der Waals surface area contributed by atoms with Crippen LogP contribution in [0.5, 0.6) is 5.75 Å².